The number of halogens is 1. The number of aliphatic hydroxyl groups excluding tert-OH is 2. The molecule has 1 aromatic heterocycles. The summed E-state index contributed by atoms with van der Waals surface area (Å²) in [6.07, 6.45) is 10.9. The maximum absolute atomic E-state index is 14.5. The fourth-order valence-electron chi connectivity index (χ4n) is 4.04. The van der Waals surface area contributed by atoms with Crippen molar-refractivity contribution in [2.75, 3.05) is 18.5 Å². The van der Waals surface area contributed by atoms with Crippen molar-refractivity contribution in [3.63, 3.8) is 0 Å². The number of nitrogens with one attached hydrogen (secondary N) is 1. The number of amides is 1. The molecule has 198 valence electrons. The fraction of sp³-hybridized carbons (Fsp3) is 0.720. The van der Waals surface area contributed by atoms with Gasteiger partial charge in [-0.25, -0.2) is 14.0 Å². The zero-order valence-electron chi connectivity index (χ0n) is 20.7. The minimum atomic E-state index is -1.20. The molecule has 1 fully saturated rings. The van der Waals surface area contributed by atoms with Crippen LogP contribution >= 0.6 is 0 Å². The quantitative estimate of drug-likeness (QED) is 0.228. The second-order valence-corrected chi connectivity index (χ2v) is 9.01. The molecule has 3 N–H and O–H groups in total. The van der Waals surface area contributed by atoms with E-state index in [-0.39, 0.29) is 12.2 Å². The summed E-state index contributed by atoms with van der Waals surface area (Å²) in [7, 11) is 0. The molecule has 9 nitrogen and oxygen atoms in total. The first-order chi connectivity index (χ1) is 16.9. The number of nitrogens with zero attached hydrogens (tertiary/aromatic N) is 2. The van der Waals surface area contributed by atoms with E-state index in [4.69, 9.17) is 9.47 Å². The zero-order valence-corrected chi connectivity index (χ0v) is 20.7. The van der Waals surface area contributed by atoms with E-state index in [1.54, 1.807) is 0 Å². The van der Waals surface area contributed by atoms with Gasteiger partial charge in [0.05, 0.1) is 19.4 Å². The van der Waals surface area contributed by atoms with Gasteiger partial charge < -0.3 is 19.7 Å². The van der Waals surface area contributed by atoms with Gasteiger partial charge in [-0.2, -0.15) is 4.98 Å². The fourth-order valence-corrected chi connectivity index (χ4v) is 4.04. The third-order valence-electron chi connectivity index (χ3n) is 6.14. The molecule has 3 atom stereocenters. The van der Waals surface area contributed by atoms with Crippen molar-refractivity contribution in [2.24, 2.45) is 0 Å². The van der Waals surface area contributed by atoms with Crippen LogP contribution in [0.3, 0.4) is 0 Å². The van der Waals surface area contributed by atoms with E-state index >= 15 is 0 Å². The first-order valence-electron chi connectivity index (χ1n) is 12.7. The lowest BCUT2D eigenvalue weighted by atomic mass is 10.1. The topological polar surface area (TPSA) is 123 Å². The Labute approximate surface area is 206 Å². The van der Waals surface area contributed by atoms with Crippen molar-refractivity contribution >= 4 is 11.9 Å². The molecule has 10 heteroatoms. The highest BCUT2D eigenvalue weighted by molar-refractivity contribution is 5.83. The predicted octanol–water partition coefficient (Wildman–Crippen LogP) is 4.44. The molecular weight excluding hydrogens is 457 g/mol. The average Bonchev–Trinajstić information content (AvgIpc) is 3.12. The first-order valence-corrected chi connectivity index (χ1v) is 12.7. The van der Waals surface area contributed by atoms with Crippen molar-refractivity contribution in [3.05, 3.63) is 34.7 Å². The Morgan fingerprint density at radius 3 is 2.26 bits per heavy atom. The number of rotatable bonds is 16. The largest absolute Gasteiger partial charge is 0.449 e. The molecule has 0 saturated carbocycles. The van der Waals surface area contributed by atoms with E-state index in [0.29, 0.717) is 6.42 Å². The highest BCUT2D eigenvalue weighted by Crippen LogP contribution is 2.32. The number of carbonyl (C=O) groups excluding carboxylic acids is 1. The van der Waals surface area contributed by atoms with Gasteiger partial charge in [-0.05, 0) is 6.42 Å². The highest BCUT2D eigenvalue weighted by Gasteiger charge is 2.39. The van der Waals surface area contributed by atoms with Crippen LogP contribution in [0.15, 0.2) is 23.1 Å². The van der Waals surface area contributed by atoms with Gasteiger partial charge in [0.15, 0.2) is 17.9 Å². The molecule has 0 spiro atoms. The van der Waals surface area contributed by atoms with Crippen molar-refractivity contribution in [3.8, 4) is 0 Å². The standard InChI is InChI=1S/C25H40FN3O6/c1-3-4-5-6-7-8-9-10-11-12-13-14-15-34-25(33)28-22-19(26)16-29(24(32)27-22)23-18(2)21(31)20(17-30)35-23/h16,20-21,23,30-31H,2-15,17H2,1H3,(H,27,28,32,33)/t20-,21+,23-/m1/s1. The van der Waals surface area contributed by atoms with Crippen LogP contribution in [0.2, 0.25) is 0 Å². The van der Waals surface area contributed by atoms with Gasteiger partial charge in [0.1, 0.15) is 12.2 Å². The number of unbranched alkanes of at least 4 members (excludes halogenated alkanes) is 11. The molecule has 0 unspecified atom stereocenters. The molecule has 0 bridgehead atoms. The Balaban J connectivity index is 1.64. The Morgan fingerprint density at radius 2 is 1.71 bits per heavy atom. The molecule has 1 aliphatic rings. The minimum absolute atomic E-state index is 0.0925. The van der Waals surface area contributed by atoms with E-state index in [2.05, 4.69) is 23.8 Å². The number of aromatic nitrogens is 2. The van der Waals surface area contributed by atoms with E-state index in [1.807, 2.05) is 0 Å². The van der Waals surface area contributed by atoms with Crippen molar-refractivity contribution < 1.29 is 28.9 Å². The number of carbonyl (C=O) groups is 1. The van der Waals surface area contributed by atoms with E-state index in [0.717, 1.165) is 23.6 Å². The van der Waals surface area contributed by atoms with E-state index in [1.165, 1.54) is 57.8 Å². The lowest BCUT2D eigenvalue weighted by molar-refractivity contribution is -0.0449. The number of ether oxygens (including phenoxy) is 2. The molecule has 35 heavy (non-hydrogen) atoms. The van der Waals surface area contributed by atoms with Crippen molar-refractivity contribution in [1.29, 1.82) is 0 Å². The maximum Gasteiger partial charge on any atom is 0.412 e. The molecule has 2 heterocycles. The maximum atomic E-state index is 14.5. The monoisotopic (exact) mass is 497 g/mol. The second-order valence-electron chi connectivity index (χ2n) is 9.01. The Kier molecular flexibility index (Phi) is 12.9. The second kappa shape index (κ2) is 15.6. The van der Waals surface area contributed by atoms with Crippen LogP contribution in [0.4, 0.5) is 15.0 Å². The van der Waals surface area contributed by atoms with Crippen molar-refractivity contribution in [1.82, 2.24) is 9.55 Å². The van der Waals surface area contributed by atoms with Crippen LogP contribution in [0, 0.1) is 5.82 Å². The van der Waals surface area contributed by atoms with Gasteiger partial charge in [-0.3, -0.25) is 9.88 Å². The van der Waals surface area contributed by atoms with Gasteiger partial charge >= 0.3 is 11.8 Å². The lowest BCUT2D eigenvalue weighted by Crippen LogP contribution is -2.30. The Morgan fingerprint density at radius 1 is 1.14 bits per heavy atom. The highest BCUT2D eigenvalue weighted by atomic mass is 19.1. The summed E-state index contributed by atoms with van der Waals surface area (Å²) in [5.41, 5.74) is -0.825. The van der Waals surface area contributed by atoms with Crippen LogP contribution in [0.5, 0.6) is 0 Å². The van der Waals surface area contributed by atoms with Gasteiger partial charge in [0, 0.05) is 5.57 Å². The number of anilines is 1. The zero-order chi connectivity index (χ0) is 25.6. The van der Waals surface area contributed by atoms with Crippen LogP contribution < -0.4 is 11.0 Å². The first kappa shape index (κ1) is 28.9. The summed E-state index contributed by atoms with van der Waals surface area (Å²) in [5.74, 6) is -1.54. The lowest BCUT2D eigenvalue weighted by Gasteiger charge is -2.15. The Bertz CT molecular complexity index is 862. The van der Waals surface area contributed by atoms with Gasteiger partial charge in [-0.1, -0.05) is 84.1 Å². The molecule has 1 saturated heterocycles. The van der Waals surface area contributed by atoms with E-state index in [9.17, 15) is 24.2 Å². The van der Waals surface area contributed by atoms with E-state index < -0.39 is 48.5 Å². The smallest absolute Gasteiger partial charge is 0.412 e. The normalized spacial score (nSPS) is 19.8. The van der Waals surface area contributed by atoms with Gasteiger partial charge in [-0.15, -0.1) is 0 Å². The average molecular weight is 498 g/mol. The van der Waals surface area contributed by atoms with Crippen LogP contribution in [0.25, 0.3) is 0 Å². The summed E-state index contributed by atoms with van der Waals surface area (Å²) in [5, 5.41) is 21.3. The van der Waals surface area contributed by atoms with Gasteiger partial charge in [0.25, 0.3) is 0 Å². The summed E-state index contributed by atoms with van der Waals surface area (Å²) in [6, 6.07) is 0. The Hall–Kier alpha value is -2.30. The molecule has 0 radical (unpaired) electrons. The summed E-state index contributed by atoms with van der Waals surface area (Å²) >= 11 is 0. The number of aliphatic hydroxyl groups is 2. The van der Waals surface area contributed by atoms with Gasteiger partial charge in [0.2, 0.25) is 0 Å². The molecule has 1 aromatic rings. The third-order valence-corrected chi connectivity index (χ3v) is 6.14. The predicted molar refractivity (Wildman–Crippen MR) is 131 cm³/mol. The van der Waals surface area contributed by atoms with Crippen LogP contribution in [-0.2, 0) is 9.47 Å². The van der Waals surface area contributed by atoms with Crippen LogP contribution in [-0.4, -0.2) is 51.3 Å². The molecular formula is C25H40FN3O6. The van der Waals surface area contributed by atoms with Crippen molar-refractivity contribution in [2.45, 2.75) is 102 Å². The summed E-state index contributed by atoms with van der Waals surface area (Å²) < 4.78 is 25.7. The third kappa shape index (κ3) is 9.35. The SMILES string of the molecule is C=C1[C@H](n2cc(F)c(NC(=O)OCCCCCCCCCCCCCC)nc2=O)O[C@H](CO)[C@H]1O. The molecule has 2 rings (SSSR count). The molecule has 1 amide bonds. The molecule has 0 aliphatic carbocycles. The molecule has 1 aliphatic heterocycles. The number of hydrogen-bond acceptors (Lipinski definition) is 7. The number of hydrogen-bond donors (Lipinski definition) is 3. The minimum Gasteiger partial charge on any atom is -0.449 e. The summed E-state index contributed by atoms with van der Waals surface area (Å²) in [4.78, 5) is 27.8. The molecule has 0 aromatic carbocycles. The van der Waals surface area contributed by atoms with Crippen LogP contribution in [0.1, 0.15) is 90.2 Å². The summed E-state index contributed by atoms with van der Waals surface area (Å²) in [6.45, 7) is 5.56.